The van der Waals surface area contributed by atoms with Crippen molar-refractivity contribution in [1.29, 1.82) is 0 Å². The summed E-state index contributed by atoms with van der Waals surface area (Å²) in [5, 5.41) is 28.5. The number of rotatable bonds is 11. The Bertz CT molecular complexity index is 1310. The SMILES string of the molecule is COc1cc(N(C)CCN(C)C)c([N+](=O)[O-])cc1Nc1nccc(Nc2cc(C)c(F)cc2C(C)(C)O)n1. The summed E-state index contributed by atoms with van der Waals surface area (Å²) < 4.78 is 19.7. The summed E-state index contributed by atoms with van der Waals surface area (Å²) >= 11 is 0. The van der Waals surface area contributed by atoms with E-state index in [1.807, 2.05) is 19.0 Å². The molecular weight excluding hydrogens is 493 g/mol. The van der Waals surface area contributed by atoms with E-state index in [-0.39, 0.29) is 11.6 Å². The second kappa shape index (κ2) is 11.6. The van der Waals surface area contributed by atoms with Gasteiger partial charge >= 0.3 is 0 Å². The van der Waals surface area contributed by atoms with Crippen LogP contribution in [0.25, 0.3) is 0 Å². The minimum atomic E-state index is -1.31. The number of nitro benzene ring substituents is 1. The van der Waals surface area contributed by atoms with Gasteiger partial charge in [-0.2, -0.15) is 4.98 Å². The fourth-order valence-corrected chi connectivity index (χ4v) is 3.78. The van der Waals surface area contributed by atoms with E-state index in [4.69, 9.17) is 4.74 Å². The van der Waals surface area contributed by atoms with Crippen molar-refractivity contribution in [2.75, 3.05) is 56.9 Å². The molecule has 3 N–H and O–H groups in total. The molecule has 0 unspecified atom stereocenters. The van der Waals surface area contributed by atoms with Crippen LogP contribution in [0.3, 0.4) is 0 Å². The van der Waals surface area contributed by atoms with Gasteiger partial charge in [-0.05, 0) is 58.6 Å². The van der Waals surface area contributed by atoms with Gasteiger partial charge in [-0.15, -0.1) is 0 Å². The largest absolute Gasteiger partial charge is 0.494 e. The molecule has 0 fully saturated rings. The number of aromatic nitrogens is 2. The lowest BCUT2D eigenvalue weighted by atomic mass is 9.95. The monoisotopic (exact) mass is 527 g/mol. The molecule has 12 heteroatoms. The van der Waals surface area contributed by atoms with Gasteiger partial charge in [0.2, 0.25) is 5.95 Å². The number of hydrogen-bond acceptors (Lipinski definition) is 10. The average molecular weight is 528 g/mol. The molecular formula is C26H34FN7O4. The number of nitro groups is 1. The third kappa shape index (κ3) is 6.84. The standard InChI is InChI=1S/C26H34FN7O4/c1-16-12-19(17(13-18(16)27)26(2,3)35)29-24-8-9-28-25(31-24)30-20-14-22(34(36)37)21(15-23(20)38-7)33(6)11-10-32(4)5/h8-9,12-15,35H,10-11H2,1-7H3,(H2,28,29,30,31). The molecule has 11 nitrogen and oxygen atoms in total. The molecule has 0 aliphatic rings. The highest BCUT2D eigenvalue weighted by Crippen LogP contribution is 2.39. The van der Waals surface area contributed by atoms with Crippen LogP contribution in [0.2, 0.25) is 0 Å². The topological polar surface area (TPSA) is 129 Å². The molecule has 0 atom stereocenters. The Labute approximate surface area is 221 Å². The number of methoxy groups -OCH3 is 1. The summed E-state index contributed by atoms with van der Waals surface area (Å²) in [4.78, 5) is 23.9. The van der Waals surface area contributed by atoms with Crippen LogP contribution in [-0.2, 0) is 5.60 Å². The van der Waals surface area contributed by atoms with Crippen molar-refractivity contribution in [3.8, 4) is 5.75 Å². The Balaban J connectivity index is 1.94. The predicted molar refractivity (Wildman–Crippen MR) is 146 cm³/mol. The fourth-order valence-electron chi connectivity index (χ4n) is 3.78. The third-order valence-electron chi connectivity index (χ3n) is 5.91. The van der Waals surface area contributed by atoms with Gasteiger partial charge in [-0.25, -0.2) is 9.37 Å². The quantitative estimate of drug-likeness (QED) is 0.241. The van der Waals surface area contributed by atoms with E-state index in [0.717, 1.165) is 0 Å². The molecule has 0 radical (unpaired) electrons. The number of hydrogen-bond donors (Lipinski definition) is 3. The fraction of sp³-hybridized carbons (Fsp3) is 0.385. The molecule has 38 heavy (non-hydrogen) atoms. The Hall–Kier alpha value is -4.03. The molecule has 204 valence electrons. The Morgan fingerprint density at radius 1 is 1.13 bits per heavy atom. The normalized spacial score (nSPS) is 11.4. The van der Waals surface area contributed by atoms with Gasteiger partial charge in [-0.1, -0.05) is 0 Å². The number of ether oxygens (including phenoxy) is 1. The second-order valence-electron chi connectivity index (χ2n) is 9.74. The molecule has 3 aromatic rings. The van der Waals surface area contributed by atoms with Gasteiger partial charge in [0.1, 0.15) is 23.1 Å². The lowest BCUT2D eigenvalue weighted by Gasteiger charge is -2.23. The second-order valence-corrected chi connectivity index (χ2v) is 9.74. The summed E-state index contributed by atoms with van der Waals surface area (Å²) in [6.45, 7) is 6.05. The molecule has 2 aromatic carbocycles. The lowest BCUT2D eigenvalue weighted by molar-refractivity contribution is -0.384. The van der Waals surface area contributed by atoms with E-state index in [1.165, 1.54) is 25.4 Å². The van der Waals surface area contributed by atoms with Crippen molar-refractivity contribution in [3.63, 3.8) is 0 Å². The van der Waals surface area contributed by atoms with Crippen LogP contribution in [0.4, 0.5) is 38.9 Å². The number of nitrogens with one attached hydrogen (secondary N) is 2. The minimum Gasteiger partial charge on any atom is -0.494 e. The van der Waals surface area contributed by atoms with Crippen molar-refractivity contribution in [1.82, 2.24) is 14.9 Å². The molecule has 1 heterocycles. The zero-order valence-electron chi connectivity index (χ0n) is 22.7. The van der Waals surface area contributed by atoms with E-state index in [0.29, 0.717) is 52.8 Å². The molecule has 1 aromatic heterocycles. The van der Waals surface area contributed by atoms with Crippen LogP contribution < -0.4 is 20.3 Å². The molecule has 0 saturated heterocycles. The Morgan fingerprint density at radius 2 is 1.84 bits per heavy atom. The third-order valence-corrected chi connectivity index (χ3v) is 5.91. The summed E-state index contributed by atoms with van der Waals surface area (Å²) in [5.41, 5.74) is 0.580. The summed E-state index contributed by atoms with van der Waals surface area (Å²) in [7, 11) is 7.13. The van der Waals surface area contributed by atoms with Crippen LogP contribution in [0, 0.1) is 22.9 Å². The van der Waals surface area contributed by atoms with Gasteiger partial charge in [0, 0.05) is 49.7 Å². The van der Waals surface area contributed by atoms with Gasteiger partial charge < -0.3 is 30.3 Å². The minimum absolute atomic E-state index is 0.0968. The van der Waals surface area contributed by atoms with E-state index in [2.05, 4.69) is 20.6 Å². The molecule has 0 saturated carbocycles. The van der Waals surface area contributed by atoms with E-state index < -0.39 is 16.3 Å². The number of benzene rings is 2. The highest BCUT2D eigenvalue weighted by molar-refractivity contribution is 5.77. The average Bonchev–Trinajstić information content (AvgIpc) is 2.83. The Kier molecular flexibility index (Phi) is 8.69. The maximum Gasteiger partial charge on any atom is 0.294 e. The molecule has 0 spiro atoms. The smallest absolute Gasteiger partial charge is 0.294 e. The number of aliphatic hydroxyl groups is 1. The van der Waals surface area contributed by atoms with Crippen LogP contribution in [0.1, 0.15) is 25.0 Å². The first kappa shape index (κ1) is 28.5. The van der Waals surface area contributed by atoms with Gasteiger partial charge in [0.05, 0.1) is 23.3 Å². The van der Waals surface area contributed by atoms with Crippen molar-refractivity contribution < 1.29 is 19.2 Å². The van der Waals surface area contributed by atoms with Crippen molar-refractivity contribution in [2.45, 2.75) is 26.4 Å². The van der Waals surface area contributed by atoms with E-state index in [9.17, 15) is 19.6 Å². The van der Waals surface area contributed by atoms with Crippen LogP contribution in [0.5, 0.6) is 5.75 Å². The van der Waals surface area contributed by atoms with Gasteiger partial charge in [0.25, 0.3) is 5.69 Å². The highest BCUT2D eigenvalue weighted by atomic mass is 19.1. The predicted octanol–water partition coefficient (Wildman–Crippen LogP) is 4.55. The van der Waals surface area contributed by atoms with Crippen LogP contribution in [0.15, 0.2) is 36.5 Å². The Morgan fingerprint density at radius 3 is 2.45 bits per heavy atom. The summed E-state index contributed by atoms with van der Waals surface area (Å²) in [6, 6.07) is 7.49. The van der Waals surface area contributed by atoms with Crippen LogP contribution >= 0.6 is 0 Å². The van der Waals surface area contributed by atoms with Gasteiger partial charge in [0.15, 0.2) is 0 Å². The summed E-state index contributed by atoms with van der Waals surface area (Å²) in [5.74, 6) is 0.470. The zero-order valence-corrected chi connectivity index (χ0v) is 22.7. The number of halogens is 1. The lowest BCUT2D eigenvalue weighted by Crippen LogP contribution is -2.28. The van der Waals surface area contributed by atoms with Crippen molar-refractivity contribution in [2.24, 2.45) is 0 Å². The number of likely N-dealkylation sites (N-methyl/N-ethyl adjacent to an activating group) is 2. The number of nitrogens with zero attached hydrogens (tertiary/aromatic N) is 5. The van der Waals surface area contributed by atoms with Crippen LogP contribution in [-0.4, -0.2) is 66.2 Å². The maximum atomic E-state index is 14.2. The molecule has 0 amide bonds. The van der Waals surface area contributed by atoms with Crippen molar-refractivity contribution >= 4 is 34.5 Å². The number of anilines is 5. The number of aryl methyl sites for hydroxylation is 1. The van der Waals surface area contributed by atoms with E-state index in [1.54, 1.807) is 50.9 Å². The van der Waals surface area contributed by atoms with Gasteiger partial charge in [-0.3, -0.25) is 10.1 Å². The van der Waals surface area contributed by atoms with Crippen molar-refractivity contribution in [3.05, 3.63) is 63.6 Å². The molecule has 0 bridgehead atoms. The first-order chi connectivity index (χ1) is 17.8. The maximum absolute atomic E-state index is 14.2. The molecule has 0 aliphatic heterocycles. The first-order valence-electron chi connectivity index (χ1n) is 11.9. The molecule has 0 aliphatic carbocycles. The first-order valence-corrected chi connectivity index (χ1v) is 11.9. The zero-order chi connectivity index (χ0) is 28.2. The molecule has 3 rings (SSSR count). The summed E-state index contributed by atoms with van der Waals surface area (Å²) in [6.07, 6.45) is 1.50. The highest BCUT2D eigenvalue weighted by Gasteiger charge is 2.24. The van der Waals surface area contributed by atoms with E-state index >= 15 is 0 Å².